The van der Waals surface area contributed by atoms with Gasteiger partial charge in [-0.3, -0.25) is 9.20 Å². The van der Waals surface area contributed by atoms with E-state index in [4.69, 9.17) is 0 Å². The van der Waals surface area contributed by atoms with Crippen molar-refractivity contribution in [2.24, 2.45) is 0 Å². The molecule has 0 radical (unpaired) electrons. The zero-order valence-electron chi connectivity index (χ0n) is 11.1. The Bertz CT molecular complexity index is 836. The molecular formula is C15H13N3O3. The predicted molar refractivity (Wildman–Crippen MR) is 76.3 cm³/mol. The number of hydrogen-bond acceptors (Lipinski definition) is 3. The molecule has 1 N–H and O–H groups in total. The van der Waals surface area contributed by atoms with Gasteiger partial charge in [0, 0.05) is 6.20 Å². The van der Waals surface area contributed by atoms with E-state index in [9.17, 15) is 14.7 Å². The minimum atomic E-state index is -0.981. The molecule has 6 heteroatoms. The molecular weight excluding hydrogens is 270 g/mol. The minimum Gasteiger partial charge on any atom is -0.481 e. The molecule has 0 fully saturated rings. The van der Waals surface area contributed by atoms with Gasteiger partial charge < -0.3 is 5.11 Å². The van der Waals surface area contributed by atoms with Crippen molar-refractivity contribution in [2.75, 3.05) is 0 Å². The Morgan fingerprint density at radius 2 is 1.86 bits per heavy atom. The summed E-state index contributed by atoms with van der Waals surface area (Å²) in [7, 11) is 0. The summed E-state index contributed by atoms with van der Waals surface area (Å²) in [6, 6.07) is 14.1. The normalized spacial score (nSPS) is 12.4. The van der Waals surface area contributed by atoms with Gasteiger partial charge in [0.05, 0.1) is 6.54 Å². The fourth-order valence-corrected chi connectivity index (χ4v) is 2.27. The highest BCUT2D eigenvalue weighted by Gasteiger charge is 2.22. The van der Waals surface area contributed by atoms with E-state index in [-0.39, 0.29) is 12.2 Å². The van der Waals surface area contributed by atoms with Crippen LogP contribution in [-0.2, 0) is 11.3 Å². The van der Waals surface area contributed by atoms with Gasteiger partial charge in [-0.05, 0) is 17.7 Å². The largest absolute Gasteiger partial charge is 0.481 e. The highest BCUT2D eigenvalue weighted by atomic mass is 16.4. The molecule has 6 nitrogen and oxygen atoms in total. The van der Waals surface area contributed by atoms with E-state index in [2.05, 4.69) is 5.10 Å². The van der Waals surface area contributed by atoms with Crippen molar-refractivity contribution in [3.8, 4) is 0 Å². The van der Waals surface area contributed by atoms with Gasteiger partial charge in [-0.25, -0.2) is 9.48 Å². The molecule has 106 valence electrons. The Morgan fingerprint density at radius 1 is 1.14 bits per heavy atom. The molecule has 3 rings (SSSR count). The number of pyridine rings is 1. The summed E-state index contributed by atoms with van der Waals surface area (Å²) in [6.07, 6.45) is 1.61. The highest BCUT2D eigenvalue weighted by molar-refractivity contribution is 5.75. The van der Waals surface area contributed by atoms with Gasteiger partial charge in [0.1, 0.15) is 5.92 Å². The SMILES string of the molecule is O=C(O)C(Cn1nc2ccccn2c1=O)c1ccccc1. The van der Waals surface area contributed by atoms with Crippen molar-refractivity contribution < 1.29 is 9.90 Å². The first-order valence-electron chi connectivity index (χ1n) is 6.49. The number of carboxylic acids is 1. The van der Waals surface area contributed by atoms with Crippen LogP contribution < -0.4 is 5.69 Å². The van der Waals surface area contributed by atoms with Crippen LogP contribution in [0.2, 0.25) is 0 Å². The monoisotopic (exact) mass is 283 g/mol. The second-order valence-electron chi connectivity index (χ2n) is 4.70. The third-order valence-electron chi connectivity index (χ3n) is 3.34. The maximum absolute atomic E-state index is 12.2. The molecule has 0 saturated heterocycles. The Hall–Kier alpha value is -2.89. The first kappa shape index (κ1) is 13.1. The summed E-state index contributed by atoms with van der Waals surface area (Å²) in [6.45, 7) is -0.000139. The van der Waals surface area contributed by atoms with Crippen molar-refractivity contribution in [1.82, 2.24) is 14.2 Å². The molecule has 2 heterocycles. The number of benzene rings is 1. The second-order valence-corrected chi connectivity index (χ2v) is 4.70. The number of nitrogens with zero attached hydrogens (tertiary/aromatic N) is 3. The number of carbonyl (C=O) groups is 1. The maximum Gasteiger partial charge on any atom is 0.350 e. The van der Waals surface area contributed by atoms with Gasteiger partial charge in [-0.2, -0.15) is 0 Å². The van der Waals surface area contributed by atoms with Crippen LogP contribution in [0.3, 0.4) is 0 Å². The minimum absolute atomic E-state index is 0.000139. The molecule has 0 saturated carbocycles. The Balaban J connectivity index is 2.01. The number of carboxylic acid groups (broad SMARTS) is 1. The highest BCUT2D eigenvalue weighted by Crippen LogP contribution is 2.17. The molecule has 2 aromatic heterocycles. The number of fused-ring (bicyclic) bond motifs is 1. The number of hydrogen-bond donors (Lipinski definition) is 1. The van der Waals surface area contributed by atoms with Gasteiger partial charge >= 0.3 is 11.7 Å². The summed E-state index contributed by atoms with van der Waals surface area (Å²) in [5, 5.41) is 13.6. The van der Waals surface area contributed by atoms with E-state index in [0.717, 1.165) is 0 Å². The summed E-state index contributed by atoms with van der Waals surface area (Å²) in [4.78, 5) is 23.7. The van der Waals surface area contributed by atoms with E-state index in [1.807, 2.05) is 6.07 Å². The summed E-state index contributed by atoms with van der Waals surface area (Å²) in [5.74, 6) is -1.79. The zero-order chi connectivity index (χ0) is 14.8. The Morgan fingerprint density at radius 3 is 2.52 bits per heavy atom. The van der Waals surface area contributed by atoms with Crippen LogP contribution in [0.15, 0.2) is 59.5 Å². The molecule has 21 heavy (non-hydrogen) atoms. The van der Waals surface area contributed by atoms with E-state index >= 15 is 0 Å². The number of rotatable bonds is 4. The molecule has 0 aliphatic carbocycles. The summed E-state index contributed by atoms with van der Waals surface area (Å²) < 4.78 is 2.59. The van der Waals surface area contributed by atoms with Crippen LogP contribution in [-0.4, -0.2) is 25.3 Å². The van der Waals surface area contributed by atoms with Crippen LogP contribution in [0.25, 0.3) is 5.65 Å². The van der Waals surface area contributed by atoms with Gasteiger partial charge in [0.2, 0.25) is 0 Å². The fourth-order valence-electron chi connectivity index (χ4n) is 2.27. The fraction of sp³-hybridized carbons (Fsp3) is 0.133. The molecule has 0 aliphatic heterocycles. The van der Waals surface area contributed by atoms with E-state index in [1.54, 1.807) is 48.7 Å². The van der Waals surface area contributed by atoms with Crippen molar-refractivity contribution >= 4 is 11.6 Å². The van der Waals surface area contributed by atoms with Crippen LogP contribution >= 0.6 is 0 Å². The topological polar surface area (TPSA) is 76.6 Å². The standard InChI is InChI=1S/C15H13N3O3/c19-14(20)12(11-6-2-1-3-7-11)10-18-15(21)17-9-5-4-8-13(17)16-18/h1-9,12H,10H2,(H,19,20). The van der Waals surface area contributed by atoms with E-state index in [0.29, 0.717) is 11.2 Å². The van der Waals surface area contributed by atoms with E-state index in [1.165, 1.54) is 9.08 Å². The lowest BCUT2D eigenvalue weighted by molar-refractivity contribution is -0.139. The lowest BCUT2D eigenvalue weighted by atomic mass is 9.99. The summed E-state index contributed by atoms with van der Waals surface area (Å²) >= 11 is 0. The first-order valence-corrected chi connectivity index (χ1v) is 6.49. The summed E-state index contributed by atoms with van der Waals surface area (Å²) in [5.41, 5.74) is 0.807. The molecule has 1 unspecified atom stereocenters. The van der Waals surface area contributed by atoms with Crippen LogP contribution in [0.4, 0.5) is 0 Å². The average molecular weight is 283 g/mol. The van der Waals surface area contributed by atoms with Gasteiger partial charge in [0.15, 0.2) is 5.65 Å². The third kappa shape index (κ3) is 2.43. The van der Waals surface area contributed by atoms with Crippen LogP contribution in [0, 0.1) is 0 Å². The zero-order valence-corrected chi connectivity index (χ0v) is 11.1. The predicted octanol–water partition coefficient (Wildman–Crippen LogP) is 1.36. The van der Waals surface area contributed by atoms with Gasteiger partial charge in [0.25, 0.3) is 0 Å². The average Bonchev–Trinajstić information content (AvgIpc) is 2.82. The van der Waals surface area contributed by atoms with E-state index < -0.39 is 11.9 Å². The molecule has 0 aliphatic rings. The number of aliphatic carboxylic acids is 1. The van der Waals surface area contributed by atoms with Gasteiger partial charge in [-0.15, -0.1) is 5.10 Å². The molecule has 0 bridgehead atoms. The second kappa shape index (κ2) is 5.24. The van der Waals surface area contributed by atoms with Gasteiger partial charge in [-0.1, -0.05) is 36.4 Å². The van der Waals surface area contributed by atoms with Crippen molar-refractivity contribution in [3.63, 3.8) is 0 Å². The smallest absolute Gasteiger partial charge is 0.350 e. The lowest BCUT2D eigenvalue weighted by Gasteiger charge is -2.11. The third-order valence-corrected chi connectivity index (χ3v) is 3.34. The maximum atomic E-state index is 12.2. The molecule has 0 spiro atoms. The Labute approximate surface area is 119 Å². The van der Waals surface area contributed by atoms with Crippen molar-refractivity contribution in [3.05, 3.63) is 70.8 Å². The Kier molecular flexibility index (Phi) is 3.27. The number of aromatic nitrogens is 3. The molecule has 3 aromatic rings. The van der Waals surface area contributed by atoms with Crippen molar-refractivity contribution in [2.45, 2.75) is 12.5 Å². The first-order chi connectivity index (χ1) is 10.2. The molecule has 1 aromatic carbocycles. The van der Waals surface area contributed by atoms with Crippen LogP contribution in [0.5, 0.6) is 0 Å². The molecule has 1 atom stereocenters. The molecule has 0 amide bonds. The van der Waals surface area contributed by atoms with Crippen LogP contribution in [0.1, 0.15) is 11.5 Å². The lowest BCUT2D eigenvalue weighted by Crippen LogP contribution is -2.27. The van der Waals surface area contributed by atoms with Crippen molar-refractivity contribution in [1.29, 1.82) is 0 Å². The quantitative estimate of drug-likeness (QED) is 0.784.